The molecule has 5 nitrogen and oxygen atoms in total. The first-order valence-electron chi connectivity index (χ1n) is 8.10. The molecular formula is C17H23ClN4O. The molecule has 1 N–H and O–H groups in total. The van der Waals surface area contributed by atoms with Crippen molar-refractivity contribution in [3.8, 4) is 0 Å². The van der Waals surface area contributed by atoms with Gasteiger partial charge in [-0.15, -0.1) is 12.4 Å². The second-order valence-electron chi connectivity index (χ2n) is 6.75. The smallest absolute Gasteiger partial charge is 0.275 e. The van der Waals surface area contributed by atoms with E-state index in [1.165, 1.54) is 12.8 Å². The van der Waals surface area contributed by atoms with E-state index in [0.717, 1.165) is 43.5 Å². The molecule has 124 valence electrons. The average Bonchev–Trinajstić information content (AvgIpc) is 3.10. The number of nitrogens with one attached hydrogen (secondary N) is 1. The normalized spacial score (nSPS) is 24.1. The number of para-hydroxylation sites is 1. The Hall–Kier alpha value is -1.59. The number of fused-ring (bicyclic) bond motifs is 1. The van der Waals surface area contributed by atoms with Crippen molar-refractivity contribution in [2.75, 3.05) is 26.2 Å². The van der Waals surface area contributed by atoms with E-state index >= 15 is 0 Å². The molecule has 1 amide bonds. The van der Waals surface area contributed by atoms with Gasteiger partial charge in [-0.05, 0) is 31.9 Å². The van der Waals surface area contributed by atoms with E-state index in [9.17, 15) is 4.79 Å². The maximum atomic E-state index is 12.9. The number of likely N-dealkylation sites (tertiary alicyclic amines) is 1. The summed E-state index contributed by atoms with van der Waals surface area (Å²) in [7, 11) is 1.90. The monoisotopic (exact) mass is 334 g/mol. The van der Waals surface area contributed by atoms with Gasteiger partial charge < -0.3 is 10.2 Å². The molecule has 0 radical (unpaired) electrons. The zero-order valence-corrected chi connectivity index (χ0v) is 14.2. The Bertz CT molecular complexity index is 720. The van der Waals surface area contributed by atoms with Crippen molar-refractivity contribution in [3.05, 3.63) is 30.0 Å². The molecule has 2 aromatic rings. The lowest BCUT2D eigenvalue weighted by molar-refractivity contribution is 0.0759. The van der Waals surface area contributed by atoms with Crippen LogP contribution in [0.2, 0.25) is 0 Å². The highest BCUT2D eigenvalue weighted by Gasteiger charge is 2.41. The molecule has 0 saturated carbocycles. The number of hydrogen-bond donors (Lipinski definition) is 1. The van der Waals surface area contributed by atoms with E-state index in [2.05, 4.69) is 10.4 Å². The molecule has 2 aliphatic rings. The molecule has 4 rings (SSSR count). The first kappa shape index (κ1) is 16.3. The van der Waals surface area contributed by atoms with Crippen molar-refractivity contribution in [1.82, 2.24) is 20.0 Å². The van der Waals surface area contributed by atoms with Crippen LogP contribution in [-0.2, 0) is 7.05 Å². The van der Waals surface area contributed by atoms with Crippen molar-refractivity contribution in [1.29, 1.82) is 0 Å². The van der Waals surface area contributed by atoms with Gasteiger partial charge in [0.05, 0.1) is 5.52 Å². The number of carbonyl (C=O) groups excluding carboxylic acids is 1. The molecule has 6 heteroatoms. The summed E-state index contributed by atoms with van der Waals surface area (Å²) in [4.78, 5) is 14.9. The van der Waals surface area contributed by atoms with Gasteiger partial charge in [-0.25, -0.2) is 0 Å². The van der Waals surface area contributed by atoms with Crippen LogP contribution in [0.5, 0.6) is 0 Å². The molecule has 23 heavy (non-hydrogen) atoms. The summed E-state index contributed by atoms with van der Waals surface area (Å²) in [6, 6.07) is 7.95. The minimum absolute atomic E-state index is 0. The molecule has 0 aliphatic carbocycles. The summed E-state index contributed by atoms with van der Waals surface area (Å²) in [5, 5.41) is 8.93. The van der Waals surface area contributed by atoms with Crippen molar-refractivity contribution in [2.24, 2.45) is 12.5 Å². The van der Waals surface area contributed by atoms with Crippen LogP contribution < -0.4 is 5.32 Å². The van der Waals surface area contributed by atoms with Crippen molar-refractivity contribution in [3.63, 3.8) is 0 Å². The maximum absolute atomic E-state index is 12.9. The third-order valence-corrected chi connectivity index (χ3v) is 5.25. The number of piperidine rings is 1. The molecule has 3 heterocycles. The molecule has 2 saturated heterocycles. The standard InChI is InChI=1S/C17H22N4O.ClH/c1-20-14-6-3-2-5-13(14)15(19-20)16(22)21-10-8-17(12-21)7-4-9-18-11-17;/h2-3,5-6,18H,4,7-12H2,1H3;1H. The topological polar surface area (TPSA) is 50.2 Å². The molecule has 1 atom stereocenters. The Morgan fingerprint density at radius 2 is 2.13 bits per heavy atom. The van der Waals surface area contributed by atoms with Gasteiger partial charge in [0.2, 0.25) is 0 Å². The first-order valence-corrected chi connectivity index (χ1v) is 8.10. The summed E-state index contributed by atoms with van der Waals surface area (Å²) in [5.74, 6) is 0.0826. The number of aryl methyl sites for hydroxylation is 1. The minimum Gasteiger partial charge on any atom is -0.337 e. The van der Waals surface area contributed by atoms with Crippen LogP contribution in [0.3, 0.4) is 0 Å². The molecule has 1 aromatic carbocycles. The number of hydrogen-bond acceptors (Lipinski definition) is 3. The van der Waals surface area contributed by atoms with Crippen LogP contribution in [0.1, 0.15) is 29.8 Å². The summed E-state index contributed by atoms with van der Waals surface area (Å²) in [6.45, 7) is 3.87. The Morgan fingerprint density at radius 3 is 2.91 bits per heavy atom. The van der Waals surface area contributed by atoms with Gasteiger partial charge in [-0.1, -0.05) is 18.2 Å². The van der Waals surface area contributed by atoms with E-state index < -0.39 is 0 Å². The summed E-state index contributed by atoms with van der Waals surface area (Å²) >= 11 is 0. The highest BCUT2D eigenvalue weighted by Crippen LogP contribution is 2.37. The lowest BCUT2D eigenvalue weighted by Crippen LogP contribution is -2.42. The van der Waals surface area contributed by atoms with Gasteiger partial charge in [0, 0.05) is 37.5 Å². The lowest BCUT2D eigenvalue weighted by Gasteiger charge is -2.33. The number of halogens is 1. The van der Waals surface area contributed by atoms with Gasteiger partial charge in [0.25, 0.3) is 5.91 Å². The molecule has 2 aliphatic heterocycles. The second kappa shape index (κ2) is 6.13. The fourth-order valence-corrected chi connectivity index (χ4v) is 4.01. The van der Waals surface area contributed by atoms with Gasteiger partial charge >= 0.3 is 0 Å². The molecule has 2 fully saturated rings. The van der Waals surface area contributed by atoms with Gasteiger partial charge in [-0.2, -0.15) is 5.10 Å². The first-order chi connectivity index (χ1) is 10.7. The zero-order chi connectivity index (χ0) is 15.2. The number of rotatable bonds is 1. The highest BCUT2D eigenvalue weighted by atomic mass is 35.5. The minimum atomic E-state index is 0. The maximum Gasteiger partial charge on any atom is 0.275 e. The van der Waals surface area contributed by atoms with Crippen LogP contribution in [0.25, 0.3) is 10.9 Å². The van der Waals surface area contributed by atoms with Crippen LogP contribution in [-0.4, -0.2) is 46.8 Å². The molecule has 1 unspecified atom stereocenters. The van der Waals surface area contributed by atoms with Crippen LogP contribution in [0.15, 0.2) is 24.3 Å². The van der Waals surface area contributed by atoms with Crippen molar-refractivity contribution >= 4 is 29.2 Å². The number of amides is 1. The SMILES string of the molecule is Cl.Cn1nc(C(=O)N2CCC3(CCCNC3)C2)c2ccccc21. The second-order valence-corrected chi connectivity index (χ2v) is 6.75. The Kier molecular flexibility index (Phi) is 4.34. The Balaban J connectivity index is 0.00000156. The quantitative estimate of drug-likeness (QED) is 0.870. The molecule has 1 aromatic heterocycles. The third-order valence-electron chi connectivity index (χ3n) is 5.25. The van der Waals surface area contributed by atoms with Crippen molar-refractivity contribution in [2.45, 2.75) is 19.3 Å². The molecular weight excluding hydrogens is 312 g/mol. The Labute approximate surface area is 142 Å². The van der Waals surface area contributed by atoms with Gasteiger partial charge in [0.15, 0.2) is 5.69 Å². The molecule has 1 spiro atoms. The third kappa shape index (κ3) is 2.72. The zero-order valence-electron chi connectivity index (χ0n) is 13.4. The van der Waals surface area contributed by atoms with E-state index in [-0.39, 0.29) is 18.3 Å². The number of nitrogens with zero attached hydrogens (tertiary/aromatic N) is 3. The van der Waals surface area contributed by atoms with E-state index in [1.807, 2.05) is 36.2 Å². The fourth-order valence-electron chi connectivity index (χ4n) is 4.01. The predicted molar refractivity (Wildman–Crippen MR) is 93.0 cm³/mol. The van der Waals surface area contributed by atoms with Crippen LogP contribution >= 0.6 is 12.4 Å². The van der Waals surface area contributed by atoms with Gasteiger partial charge in [-0.3, -0.25) is 9.48 Å². The van der Waals surface area contributed by atoms with E-state index in [0.29, 0.717) is 11.1 Å². The summed E-state index contributed by atoms with van der Waals surface area (Å²) in [5.41, 5.74) is 1.90. The average molecular weight is 335 g/mol. The van der Waals surface area contributed by atoms with Gasteiger partial charge in [0.1, 0.15) is 0 Å². The van der Waals surface area contributed by atoms with E-state index in [1.54, 1.807) is 4.68 Å². The predicted octanol–water partition coefficient (Wildman–Crippen LogP) is 2.21. The number of carbonyl (C=O) groups is 1. The van der Waals surface area contributed by atoms with Crippen LogP contribution in [0, 0.1) is 5.41 Å². The highest BCUT2D eigenvalue weighted by molar-refractivity contribution is 6.04. The van der Waals surface area contributed by atoms with Crippen molar-refractivity contribution < 1.29 is 4.79 Å². The largest absolute Gasteiger partial charge is 0.337 e. The summed E-state index contributed by atoms with van der Waals surface area (Å²) < 4.78 is 1.80. The number of aromatic nitrogens is 2. The van der Waals surface area contributed by atoms with Crippen LogP contribution in [0.4, 0.5) is 0 Å². The lowest BCUT2D eigenvalue weighted by atomic mass is 9.80. The Morgan fingerprint density at radius 1 is 1.30 bits per heavy atom. The number of benzene rings is 1. The summed E-state index contributed by atoms with van der Waals surface area (Å²) in [6.07, 6.45) is 3.55. The van der Waals surface area contributed by atoms with E-state index in [4.69, 9.17) is 0 Å². The fraction of sp³-hybridized carbons (Fsp3) is 0.529. The molecule has 0 bridgehead atoms.